The zero-order valence-corrected chi connectivity index (χ0v) is 15.9. The lowest BCUT2D eigenvalue weighted by Crippen LogP contribution is -2.17. The summed E-state index contributed by atoms with van der Waals surface area (Å²) < 4.78 is 37.8. The van der Waals surface area contributed by atoms with Crippen molar-refractivity contribution in [2.75, 3.05) is 11.9 Å². The quantitative estimate of drug-likeness (QED) is 0.582. The van der Waals surface area contributed by atoms with Gasteiger partial charge in [0.2, 0.25) is 17.6 Å². The minimum Gasteiger partial charge on any atom is -0.494 e. The van der Waals surface area contributed by atoms with Crippen LogP contribution in [-0.4, -0.2) is 28.6 Å². The third-order valence-electron chi connectivity index (χ3n) is 4.05. The summed E-state index contributed by atoms with van der Waals surface area (Å²) in [6.07, 6.45) is -0.00497. The summed E-state index contributed by atoms with van der Waals surface area (Å²) in [6, 6.07) is 8.44. The highest BCUT2D eigenvalue weighted by molar-refractivity contribution is 5.96. The predicted molar refractivity (Wildman–Crippen MR) is 103 cm³/mol. The molecule has 8 nitrogen and oxygen atoms in total. The van der Waals surface area contributed by atoms with E-state index in [1.807, 2.05) is 6.92 Å². The molecule has 2 aromatic carbocycles. The van der Waals surface area contributed by atoms with E-state index >= 15 is 0 Å². The Balaban J connectivity index is 1.61. The summed E-state index contributed by atoms with van der Waals surface area (Å²) in [4.78, 5) is 27.5. The van der Waals surface area contributed by atoms with Gasteiger partial charge in [-0.05, 0) is 37.3 Å². The van der Waals surface area contributed by atoms with Gasteiger partial charge in [0, 0.05) is 24.5 Å². The molecule has 156 valence electrons. The first-order valence-corrected chi connectivity index (χ1v) is 9.02. The molecule has 0 bridgehead atoms. The average molecular weight is 416 g/mol. The minimum atomic E-state index is -1.11. The second kappa shape index (κ2) is 9.12. The fraction of sp³-hybridized carbons (Fsp3) is 0.200. The molecule has 0 unspecified atom stereocenters. The number of ether oxygens (including phenoxy) is 1. The molecule has 3 rings (SSSR count). The molecule has 3 N–H and O–H groups in total. The molecular weight excluding hydrogens is 398 g/mol. The Bertz CT molecular complexity index is 1070. The molecule has 0 atom stereocenters. The molecule has 0 aliphatic heterocycles. The van der Waals surface area contributed by atoms with Crippen LogP contribution in [0.15, 0.2) is 40.9 Å². The van der Waals surface area contributed by atoms with Crippen LogP contribution < -0.4 is 15.8 Å². The van der Waals surface area contributed by atoms with Crippen LogP contribution in [0.3, 0.4) is 0 Å². The number of hydrogen-bond acceptors (Lipinski definition) is 6. The minimum absolute atomic E-state index is 0.0986. The highest BCUT2D eigenvalue weighted by atomic mass is 19.1. The molecule has 0 aliphatic rings. The number of carbonyl (C=O) groups excluding carboxylic acids is 2. The molecule has 10 heteroatoms. The van der Waals surface area contributed by atoms with Gasteiger partial charge in [-0.2, -0.15) is 4.98 Å². The van der Waals surface area contributed by atoms with Crippen LogP contribution in [0.25, 0.3) is 11.4 Å². The van der Waals surface area contributed by atoms with Crippen LogP contribution >= 0.6 is 0 Å². The van der Waals surface area contributed by atoms with Crippen LogP contribution in [0.4, 0.5) is 14.5 Å². The lowest BCUT2D eigenvalue weighted by Gasteiger charge is -2.08. The molecule has 0 fully saturated rings. The Kier molecular flexibility index (Phi) is 6.35. The van der Waals surface area contributed by atoms with Gasteiger partial charge < -0.3 is 20.3 Å². The maximum absolute atomic E-state index is 13.8. The fourth-order valence-electron chi connectivity index (χ4n) is 2.61. The molecule has 0 saturated carbocycles. The van der Waals surface area contributed by atoms with Crippen LogP contribution in [0, 0.1) is 11.6 Å². The van der Waals surface area contributed by atoms with E-state index in [9.17, 15) is 18.4 Å². The standard InChI is InChI=1S/C20H18F2N4O4/c1-2-29-12-5-3-11(4-6-12)20-25-18(30-26-20)8-7-17(27)24-16-9-13(19(23)28)14(21)10-15(16)22/h3-6,9-10H,2,7-8H2,1H3,(H2,23,28)(H,24,27). The lowest BCUT2D eigenvalue weighted by atomic mass is 10.1. The lowest BCUT2D eigenvalue weighted by molar-refractivity contribution is -0.116. The maximum atomic E-state index is 13.8. The van der Waals surface area contributed by atoms with E-state index in [0.29, 0.717) is 29.8 Å². The summed E-state index contributed by atoms with van der Waals surface area (Å²) in [6.45, 7) is 2.44. The van der Waals surface area contributed by atoms with Gasteiger partial charge in [0.05, 0.1) is 17.9 Å². The maximum Gasteiger partial charge on any atom is 0.251 e. The monoisotopic (exact) mass is 416 g/mol. The van der Waals surface area contributed by atoms with E-state index in [1.165, 1.54) is 0 Å². The number of primary amides is 1. The highest BCUT2D eigenvalue weighted by Crippen LogP contribution is 2.21. The van der Waals surface area contributed by atoms with E-state index in [-0.39, 0.29) is 24.4 Å². The molecule has 0 radical (unpaired) electrons. The summed E-state index contributed by atoms with van der Waals surface area (Å²) in [5.74, 6) is -2.51. The van der Waals surface area contributed by atoms with E-state index in [4.69, 9.17) is 15.0 Å². The Morgan fingerprint density at radius 3 is 2.57 bits per heavy atom. The third kappa shape index (κ3) is 4.96. The molecule has 3 aromatic rings. The summed E-state index contributed by atoms with van der Waals surface area (Å²) in [5.41, 5.74) is 4.86. The number of aromatic nitrogens is 2. The number of carbonyl (C=O) groups is 2. The smallest absolute Gasteiger partial charge is 0.251 e. The van der Waals surface area contributed by atoms with Gasteiger partial charge in [-0.3, -0.25) is 9.59 Å². The van der Waals surface area contributed by atoms with E-state index in [1.54, 1.807) is 24.3 Å². The van der Waals surface area contributed by atoms with Crippen molar-refractivity contribution in [2.45, 2.75) is 19.8 Å². The summed E-state index contributed by atoms with van der Waals surface area (Å²) in [7, 11) is 0. The van der Waals surface area contributed by atoms with Gasteiger partial charge in [0.1, 0.15) is 17.4 Å². The van der Waals surface area contributed by atoms with Crippen molar-refractivity contribution in [2.24, 2.45) is 5.73 Å². The normalized spacial score (nSPS) is 10.6. The van der Waals surface area contributed by atoms with Crippen molar-refractivity contribution in [3.8, 4) is 17.1 Å². The Hall–Kier alpha value is -3.82. The van der Waals surface area contributed by atoms with Crippen LogP contribution in [0.5, 0.6) is 5.75 Å². The number of rotatable bonds is 8. The number of nitrogens with one attached hydrogen (secondary N) is 1. The van der Waals surface area contributed by atoms with Gasteiger partial charge in [0.25, 0.3) is 5.91 Å². The van der Waals surface area contributed by atoms with Crippen LogP contribution in [0.2, 0.25) is 0 Å². The number of benzene rings is 2. The van der Waals surface area contributed by atoms with Crippen molar-refractivity contribution in [3.63, 3.8) is 0 Å². The van der Waals surface area contributed by atoms with Gasteiger partial charge in [0.15, 0.2) is 0 Å². The second-order valence-electron chi connectivity index (χ2n) is 6.19. The number of hydrogen-bond donors (Lipinski definition) is 2. The third-order valence-corrected chi connectivity index (χ3v) is 4.05. The molecule has 0 saturated heterocycles. The number of anilines is 1. The van der Waals surface area contributed by atoms with Gasteiger partial charge in [-0.25, -0.2) is 8.78 Å². The molecule has 2 amide bonds. The fourth-order valence-corrected chi connectivity index (χ4v) is 2.61. The first kappa shape index (κ1) is 20.9. The van der Waals surface area contributed by atoms with Crippen molar-refractivity contribution in [1.82, 2.24) is 10.1 Å². The zero-order chi connectivity index (χ0) is 21.7. The van der Waals surface area contributed by atoms with Gasteiger partial charge in [-0.1, -0.05) is 5.16 Å². The summed E-state index contributed by atoms with van der Waals surface area (Å²) >= 11 is 0. The van der Waals surface area contributed by atoms with Crippen molar-refractivity contribution in [1.29, 1.82) is 0 Å². The largest absolute Gasteiger partial charge is 0.494 e. The SMILES string of the molecule is CCOc1ccc(-c2noc(CCC(=O)Nc3cc(C(N)=O)c(F)cc3F)n2)cc1. The summed E-state index contributed by atoms with van der Waals surface area (Å²) in [5, 5.41) is 6.13. The Labute approximate surface area is 170 Å². The molecule has 0 aliphatic carbocycles. The molecule has 30 heavy (non-hydrogen) atoms. The number of nitrogens with two attached hydrogens (primary N) is 1. The number of amides is 2. The van der Waals surface area contributed by atoms with Crippen LogP contribution in [-0.2, 0) is 11.2 Å². The first-order valence-electron chi connectivity index (χ1n) is 9.02. The number of aryl methyl sites for hydroxylation is 1. The first-order chi connectivity index (χ1) is 14.4. The molecule has 0 spiro atoms. The second-order valence-corrected chi connectivity index (χ2v) is 6.19. The van der Waals surface area contributed by atoms with E-state index < -0.39 is 29.0 Å². The Morgan fingerprint density at radius 2 is 1.90 bits per heavy atom. The van der Waals surface area contributed by atoms with Gasteiger partial charge >= 0.3 is 0 Å². The topological polar surface area (TPSA) is 120 Å². The van der Waals surface area contributed by atoms with E-state index in [2.05, 4.69) is 15.5 Å². The Morgan fingerprint density at radius 1 is 1.17 bits per heavy atom. The highest BCUT2D eigenvalue weighted by Gasteiger charge is 2.16. The average Bonchev–Trinajstić information content (AvgIpc) is 3.18. The van der Waals surface area contributed by atoms with Crippen molar-refractivity contribution < 1.29 is 27.6 Å². The van der Waals surface area contributed by atoms with Crippen molar-refractivity contribution >= 4 is 17.5 Å². The molecular formula is C20H18F2N4O4. The van der Waals surface area contributed by atoms with Crippen molar-refractivity contribution in [3.05, 3.63) is 59.5 Å². The molecule has 1 aromatic heterocycles. The zero-order valence-electron chi connectivity index (χ0n) is 15.9. The number of halogens is 2. The predicted octanol–water partition coefficient (Wildman–Crippen LogP) is 3.08. The number of nitrogens with zero attached hydrogens (tertiary/aromatic N) is 2. The van der Waals surface area contributed by atoms with Crippen LogP contribution in [0.1, 0.15) is 29.6 Å². The van der Waals surface area contributed by atoms with E-state index in [0.717, 1.165) is 6.07 Å². The molecule has 1 heterocycles. The van der Waals surface area contributed by atoms with Gasteiger partial charge in [-0.15, -0.1) is 0 Å².